The van der Waals surface area contributed by atoms with Gasteiger partial charge in [0, 0.05) is 17.1 Å². The van der Waals surface area contributed by atoms with E-state index in [1.54, 1.807) is 11.8 Å². The molecule has 0 atom stereocenters. The maximum Gasteiger partial charge on any atom is 0.162 e. The van der Waals surface area contributed by atoms with Gasteiger partial charge in [-0.05, 0) is 42.5 Å². The van der Waals surface area contributed by atoms with Crippen LogP contribution in [0.3, 0.4) is 0 Å². The second kappa shape index (κ2) is 6.31. The summed E-state index contributed by atoms with van der Waals surface area (Å²) >= 11 is 1.73. The van der Waals surface area contributed by atoms with E-state index >= 15 is 0 Å². The topological polar surface area (TPSA) is 30.5 Å². The summed E-state index contributed by atoms with van der Waals surface area (Å²) in [5, 5.41) is 3.50. The van der Waals surface area contributed by atoms with E-state index < -0.39 is 0 Å². The molecule has 1 aliphatic rings. The summed E-state index contributed by atoms with van der Waals surface area (Å²) in [5.74, 6) is 1.70. The minimum atomic E-state index is 0.621. The minimum Gasteiger partial charge on any atom is -0.486 e. The molecule has 1 heterocycles. The Kier molecular flexibility index (Phi) is 4.25. The molecule has 3 nitrogen and oxygen atoms in total. The second-order valence-corrected chi connectivity index (χ2v) is 5.82. The molecule has 1 aliphatic heterocycles. The molecule has 4 heteroatoms. The Morgan fingerprint density at radius 3 is 2.52 bits per heavy atom. The number of ether oxygens (including phenoxy) is 2. The molecular formula is C17H19NO2S. The van der Waals surface area contributed by atoms with E-state index in [2.05, 4.69) is 54.9 Å². The number of hydrogen-bond acceptors (Lipinski definition) is 4. The highest BCUT2D eigenvalue weighted by molar-refractivity contribution is 7.98. The Bertz CT molecular complexity index is 643. The van der Waals surface area contributed by atoms with Crippen LogP contribution in [0.1, 0.15) is 11.1 Å². The molecule has 110 valence electrons. The zero-order valence-electron chi connectivity index (χ0n) is 12.3. The molecular weight excluding hydrogens is 282 g/mol. The van der Waals surface area contributed by atoms with Gasteiger partial charge in [-0.3, -0.25) is 0 Å². The molecule has 0 saturated carbocycles. The van der Waals surface area contributed by atoms with E-state index in [0.29, 0.717) is 13.2 Å². The van der Waals surface area contributed by atoms with Gasteiger partial charge in [0.05, 0.1) is 0 Å². The lowest BCUT2D eigenvalue weighted by molar-refractivity contribution is 0.171. The first-order chi connectivity index (χ1) is 10.3. The summed E-state index contributed by atoms with van der Waals surface area (Å²) in [6.45, 7) is 4.14. The first-order valence-electron chi connectivity index (χ1n) is 7.04. The molecule has 0 spiro atoms. The van der Waals surface area contributed by atoms with Crippen molar-refractivity contribution in [3.63, 3.8) is 0 Å². The van der Waals surface area contributed by atoms with Crippen LogP contribution in [0.25, 0.3) is 0 Å². The number of rotatable bonds is 4. The molecule has 0 fully saturated rings. The Hall–Kier alpha value is -1.81. The van der Waals surface area contributed by atoms with Gasteiger partial charge < -0.3 is 14.8 Å². The average molecular weight is 301 g/mol. The van der Waals surface area contributed by atoms with Crippen molar-refractivity contribution in [3.05, 3.63) is 47.5 Å². The fourth-order valence-corrected chi connectivity index (χ4v) is 3.02. The van der Waals surface area contributed by atoms with Crippen molar-refractivity contribution in [2.24, 2.45) is 0 Å². The number of hydrogen-bond donors (Lipinski definition) is 1. The molecule has 0 unspecified atom stereocenters. The van der Waals surface area contributed by atoms with Crippen LogP contribution in [0.4, 0.5) is 5.69 Å². The first kappa shape index (κ1) is 14.1. The fourth-order valence-electron chi connectivity index (χ4n) is 2.40. The number of para-hydroxylation sites is 1. The SMILES string of the molecule is CSc1cc2c(cc1CNc1ccccc1C)OCCO2. The van der Waals surface area contributed by atoms with Crippen molar-refractivity contribution in [3.8, 4) is 11.5 Å². The maximum atomic E-state index is 5.68. The third-order valence-electron chi connectivity index (χ3n) is 3.56. The van der Waals surface area contributed by atoms with Gasteiger partial charge in [-0.2, -0.15) is 0 Å². The summed E-state index contributed by atoms with van der Waals surface area (Å²) in [4.78, 5) is 1.22. The van der Waals surface area contributed by atoms with Crippen LogP contribution in [0.5, 0.6) is 11.5 Å². The van der Waals surface area contributed by atoms with E-state index in [0.717, 1.165) is 18.0 Å². The summed E-state index contributed by atoms with van der Waals surface area (Å²) in [7, 11) is 0. The van der Waals surface area contributed by atoms with E-state index in [-0.39, 0.29) is 0 Å². The van der Waals surface area contributed by atoms with Crippen molar-refractivity contribution in [1.82, 2.24) is 0 Å². The molecule has 21 heavy (non-hydrogen) atoms. The molecule has 1 N–H and O–H groups in total. The van der Waals surface area contributed by atoms with Crippen molar-refractivity contribution < 1.29 is 9.47 Å². The molecule has 0 amide bonds. The molecule has 0 aromatic heterocycles. The van der Waals surface area contributed by atoms with Crippen LogP contribution in [0.15, 0.2) is 41.3 Å². The van der Waals surface area contributed by atoms with Gasteiger partial charge >= 0.3 is 0 Å². The normalized spacial score (nSPS) is 13.0. The van der Waals surface area contributed by atoms with E-state index in [9.17, 15) is 0 Å². The second-order valence-electron chi connectivity index (χ2n) is 4.98. The Balaban J connectivity index is 1.83. The fraction of sp³-hybridized carbons (Fsp3) is 0.294. The monoisotopic (exact) mass is 301 g/mol. The third-order valence-corrected chi connectivity index (χ3v) is 4.38. The summed E-state index contributed by atoms with van der Waals surface area (Å²) < 4.78 is 11.3. The van der Waals surface area contributed by atoms with Gasteiger partial charge in [0.2, 0.25) is 0 Å². The van der Waals surface area contributed by atoms with E-state index in [1.807, 2.05) is 0 Å². The number of benzene rings is 2. The number of anilines is 1. The lowest BCUT2D eigenvalue weighted by atomic mass is 10.1. The zero-order chi connectivity index (χ0) is 14.7. The van der Waals surface area contributed by atoms with E-state index in [1.165, 1.54) is 21.7 Å². The standard InChI is InChI=1S/C17H19NO2S/c1-12-5-3-4-6-14(12)18-11-13-9-15-16(10-17(13)21-2)20-8-7-19-15/h3-6,9-10,18H,7-8,11H2,1-2H3. The summed E-state index contributed by atoms with van der Waals surface area (Å²) in [6.07, 6.45) is 2.09. The molecule has 0 saturated heterocycles. The van der Waals surface area contributed by atoms with Crippen LogP contribution in [-0.4, -0.2) is 19.5 Å². The first-order valence-corrected chi connectivity index (χ1v) is 8.26. The van der Waals surface area contributed by atoms with Gasteiger partial charge in [0.1, 0.15) is 13.2 Å². The highest BCUT2D eigenvalue weighted by Crippen LogP contribution is 2.36. The number of fused-ring (bicyclic) bond motifs is 1. The largest absolute Gasteiger partial charge is 0.486 e. The highest BCUT2D eigenvalue weighted by Gasteiger charge is 2.15. The maximum absolute atomic E-state index is 5.68. The zero-order valence-corrected chi connectivity index (χ0v) is 13.1. The van der Waals surface area contributed by atoms with Crippen LogP contribution >= 0.6 is 11.8 Å². The highest BCUT2D eigenvalue weighted by atomic mass is 32.2. The van der Waals surface area contributed by atoms with Gasteiger partial charge in [0.25, 0.3) is 0 Å². The van der Waals surface area contributed by atoms with Gasteiger partial charge in [-0.15, -0.1) is 11.8 Å². The van der Waals surface area contributed by atoms with Crippen LogP contribution in [-0.2, 0) is 6.54 Å². The van der Waals surface area contributed by atoms with Crippen LogP contribution in [0, 0.1) is 6.92 Å². The number of nitrogens with one attached hydrogen (secondary N) is 1. The minimum absolute atomic E-state index is 0.621. The molecule has 0 aliphatic carbocycles. The molecule has 0 bridgehead atoms. The van der Waals surface area contributed by atoms with Crippen molar-refractivity contribution in [2.75, 3.05) is 24.8 Å². The van der Waals surface area contributed by atoms with Crippen molar-refractivity contribution in [2.45, 2.75) is 18.4 Å². The average Bonchev–Trinajstić information content (AvgIpc) is 2.53. The predicted molar refractivity (Wildman–Crippen MR) is 87.7 cm³/mol. The smallest absolute Gasteiger partial charge is 0.162 e. The van der Waals surface area contributed by atoms with Crippen molar-refractivity contribution in [1.29, 1.82) is 0 Å². The van der Waals surface area contributed by atoms with E-state index in [4.69, 9.17) is 9.47 Å². The molecule has 2 aromatic rings. The molecule has 2 aromatic carbocycles. The van der Waals surface area contributed by atoms with Crippen LogP contribution in [0.2, 0.25) is 0 Å². The third kappa shape index (κ3) is 3.10. The van der Waals surface area contributed by atoms with Crippen LogP contribution < -0.4 is 14.8 Å². The summed E-state index contributed by atoms with van der Waals surface area (Å²) in [5.41, 5.74) is 3.65. The van der Waals surface area contributed by atoms with Crippen molar-refractivity contribution >= 4 is 17.4 Å². The molecule has 3 rings (SSSR count). The van der Waals surface area contributed by atoms with Gasteiger partial charge in [-0.1, -0.05) is 18.2 Å². The predicted octanol–water partition coefficient (Wildman–Crippen LogP) is 4.10. The Morgan fingerprint density at radius 2 is 1.81 bits per heavy atom. The Morgan fingerprint density at radius 1 is 1.10 bits per heavy atom. The van der Waals surface area contributed by atoms with Gasteiger partial charge in [-0.25, -0.2) is 0 Å². The Labute approximate surface area is 129 Å². The summed E-state index contributed by atoms with van der Waals surface area (Å²) in [6, 6.07) is 12.5. The lowest BCUT2D eigenvalue weighted by Crippen LogP contribution is -2.16. The lowest BCUT2D eigenvalue weighted by Gasteiger charge is -2.21. The number of aryl methyl sites for hydroxylation is 1. The molecule has 0 radical (unpaired) electrons. The number of thioether (sulfide) groups is 1. The van der Waals surface area contributed by atoms with Gasteiger partial charge in [0.15, 0.2) is 11.5 Å². The quantitative estimate of drug-likeness (QED) is 0.861.